The van der Waals surface area contributed by atoms with Gasteiger partial charge in [0.2, 0.25) is 0 Å². The summed E-state index contributed by atoms with van der Waals surface area (Å²) in [5.41, 5.74) is 4.57. The lowest BCUT2D eigenvalue weighted by Gasteiger charge is -2.20. The monoisotopic (exact) mass is 374 g/mol. The summed E-state index contributed by atoms with van der Waals surface area (Å²) < 4.78 is 18.8. The highest BCUT2D eigenvalue weighted by molar-refractivity contribution is 6.07. The van der Waals surface area contributed by atoms with Gasteiger partial charge >= 0.3 is 6.09 Å². The fourth-order valence-electron chi connectivity index (χ4n) is 2.04. The predicted molar refractivity (Wildman–Crippen MR) is 97.0 cm³/mol. The number of nitrogens with zero attached hydrogens (tertiary/aromatic N) is 1. The SMILES string of the molecule is CC(C)(C)OC(=O)Nc1ccc(F)cc1NC(=O)c1ccnc(C(N)=O)c1. The van der Waals surface area contributed by atoms with Gasteiger partial charge in [-0.2, -0.15) is 0 Å². The van der Waals surface area contributed by atoms with Gasteiger partial charge in [-0.3, -0.25) is 19.9 Å². The van der Waals surface area contributed by atoms with Gasteiger partial charge < -0.3 is 15.8 Å². The molecular formula is C18H19FN4O4. The van der Waals surface area contributed by atoms with Crippen molar-refractivity contribution >= 4 is 29.3 Å². The first kappa shape index (κ1) is 19.8. The number of nitrogens with two attached hydrogens (primary N) is 1. The van der Waals surface area contributed by atoms with Gasteiger partial charge in [-0.1, -0.05) is 0 Å². The summed E-state index contributed by atoms with van der Waals surface area (Å²) in [5, 5.41) is 4.92. The topological polar surface area (TPSA) is 123 Å². The second-order valence-electron chi connectivity index (χ2n) is 6.56. The minimum absolute atomic E-state index is 0.0169. The number of amides is 3. The molecule has 0 atom stereocenters. The van der Waals surface area contributed by atoms with Gasteiger partial charge in [0, 0.05) is 11.8 Å². The van der Waals surface area contributed by atoms with E-state index < -0.39 is 29.3 Å². The first-order valence-electron chi connectivity index (χ1n) is 7.92. The zero-order chi connectivity index (χ0) is 20.2. The molecule has 0 aliphatic heterocycles. The Morgan fingerprint density at radius 1 is 1.07 bits per heavy atom. The van der Waals surface area contributed by atoms with Crippen LogP contribution in [0, 0.1) is 5.82 Å². The zero-order valence-corrected chi connectivity index (χ0v) is 15.0. The van der Waals surface area contributed by atoms with Crippen LogP contribution in [0.15, 0.2) is 36.5 Å². The molecule has 0 saturated carbocycles. The number of aromatic nitrogens is 1. The molecule has 0 spiro atoms. The third-order valence-corrected chi connectivity index (χ3v) is 3.14. The van der Waals surface area contributed by atoms with E-state index in [9.17, 15) is 18.8 Å². The van der Waals surface area contributed by atoms with Crippen LogP contribution in [0.2, 0.25) is 0 Å². The molecule has 142 valence electrons. The number of halogens is 1. The Bertz CT molecular complexity index is 893. The largest absolute Gasteiger partial charge is 0.444 e. The number of nitrogens with one attached hydrogen (secondary N) is 2. The number of anilines is 2. The van der Waals surface area contributed by atoms with E-state index in [1.165, 1.54) is 24.4 Å². The highest BCUT2D eigenvalue weighted by atomic mass is 19.1. The van der Waals surface area contributed by atoms with Crippen molar-refractivity contribution in [1.82, 2.24) is 4.98 Å². The number of hydrogen-bond donors (Lipinski definition) is 3. The molecule has 0 fully saturated rings. The highest BCUT2D eigenvalue weighted by Crippen LogP contribution is 2.24. The van der Waals surface area contributed by atoms with Crippen LogP contribution >= 0.6 is 0 Å². The summed E-state index contributed by atoms with van der Waals surface area (Å²) in [5.74, 6) is -2.05. The maximum Gasteiger partial charge on any atom is 0.412 e. The van der Waals surface area contributed by atoms with Crippen LogP contribution < -0.4 is 16.4 Å². The normalized spacial score (nSPS) is 10.8. The molecule has 8 nitrogen and oxygen atoms in total. The van der Waals surface area contributed by atoms with Gasteiger partial charge in [-0.15, -0.1) is 0 Å². The van der Waals surface area contributed by atoms with Gasteiger partial charge in [0.05, 0.1) is 11.4 Å². The molecule has 0 aliphatic carbocycles. The van der Waals surface area contributed by atoms with E-state index in [1.54, 1.807) is 20.8 Å². The molecular weight excluding hydrogens is 355 g/mol. The van der Waals surface area contributed by atoms with Crippen LogP contribution in [-0.4, -0.2) is 28.5 Å². The number of benzene rings is 1. The van der Waals surface area contributed by atoms with Crippen molar-refractivity contribution < 1.29 is 23.5 Å². The third kappa shape index (κ3) is 5.77. The minimum Gasteiger partial charge on any atom is -0.444 e. The molecule has 4 N–H and O–H groups in total. The molecule has 0 unspecified atom stereocenters. The fraction of sp³-hybridized carbons (Fsp3) is 0.222. The summed E-state index contributed by atoms with van der Waals surface area (Å²) in [6.07, 6.45) is 0.491. The van der Waals surface area contributed by atoms with Crippen LogP contribution in [0.5, 0.6) is 0 Å². The summed E-state index contributed by atoms with van der Waals surface area (Å²) in [6, 6.07) is 6.02. The van der Waals surface area contributed by atoms with Crippen LogP contribution in [0.1, 0.15) is 41.6 Å². The molecule has 27 heavy (non-hydrogen) atoms. The Kier molecular flexibility index (Phi) is 5.74. The van der Waals surface area contributed by atoms with Gasteiger partial charge in [-0.05, 0) is 51.1 Å². The van der Waals surface area contributed by atoms with Crippen LogP contribution in [0.25, 0.3) is 0 Å². The number of rotatable bonds is 4. The van der Waals surface area contributed by atoms with Crippen molar-refractivity contribution in [1.29, 1.82) is 0 Å². The number of carbonyl (C=O) groups excluding carboxylic acids is 3. The van der Waals surface area contributed by atoms with Crippen molar-refractivity contribution in [3.63, 3.8) is 0 Å². The molecule has 2 rings (SSSR count). The number of carbonyl (C=O) groups is 3. The van der Waals surface area contributed by atoms with Crippen LogP contribution in [0.3, 0.4) is 0 Å². The minimum atomic E-state index is -0.789. The second-order valence-corrected chi connectivity index (χ2v) is 6.56. The lowest BCUT2D eigenvalue weighted by atomic mass is 10.2. The first-order chi connectivity index (χ1) is 12.5. The lowest BCUT2D eigenvalue weighted by Crippen LogP contribution is -2.27. The van der Waals surface area contributed by atoms with Crippen LogP contribution in [0.4, 0.5) is 20.6 Å². The van der Waals surface area contributed by atoms with Gasteiger partial charge in [0.1, 0.15) is 17.1 Å². The molecule has 9 heteroatoms. The van der Waals surface area contributed by atoms with E-state index in [0.29, 0.717) is 0 Å². The smallest absolute Gasteiger partial charge is 0.412 e. The standard InChI is InChI=1S/C18H19FN4O4/c1-18(2,3)27-17(26)23-12-5-4-11(19)9-13(12)22-16(25)10-6-7-21-14(8-10)15(20)24/h4-9H,1-3H3,(H2,20,24)(H,22,25)(H,23,26). The maximum absolute atomic E-state index is 13.6. The molecule has 1 aromatic carbocycles. The number of pyridine rings is 1. The van der Waals surface area contributed by atoms with E-state index in [-0.39, 0.29) is 22.6 Å². The Morgan fingerprint density at radius 3 is 2.41 bits per heavy atom. The van der Waals surface area contributed by atoms with Crippen molar-refractivity contribution in [2.75, 3.05) is 10.6 Å². The lowest BCUT2D eigenvalue weighted by molar-refractivity contribution is 0.0635. The summed E-state index contributed by atoms with van der Waals surface area (Å²) in [4.78, 5) is 39.3. The van der Waals surface area contributed by atoms with Gasteiger partial charge in [0.25, 0.3) is 11.8 Å². The molecule has 2 aromatic rings. The second kappa shape index (κ2) is 7.81. The fourth-order valence-corrected chi connectivity index (χ4v) is 2.04. The average molecular weight is 374 g/mol. The Balaban J connectivity index is 2.24. The summed E-state index contributed by atoms with van der Waals surface area (Å²) in [6.45, 7) is 5.08. The van der Waals surface area contributed by atoms with Crippen LogP contribution in [-0.2, 0) is 4.74 Å². The Hall–Kier alpha value is -3.49. The van der Waals surface area contributed by atoms with E-state index in [0.717, 1.165) is 12.1 Å². The molecule has 1 aromatic heterocycles. The Morgan fingerprint density at radius 2 is 1.78 bits per heavy atom. The molecule has 0 aliphatic rings. The van der Waals surface area contributed by atoms with Crippen molar-refractivity contribution in [3.05, 3.63) is 53.6 Å². The van der Waals surface area contributed by atoms with Crippen molar-refractivity contribution in [3.8, 4) is 0 Å². The molecule has 0 bridgehead atoms. The van der Waals surface area contributed by atoms with E-state index >= 15 is 0 Å². The zero-order valence-electron chi connectivity index (χ0n) is 15.0. The van der Waals surface area contributed by atoms with E-state index in [1.807, 2.05) is 0 Å². The first-order valence-corrected chi connectivity index (χ1v) is 7.92. The highest BCUT2D eigenvalue weighted by Gasteiger charge is 2.18. The number of hydrogen-bond acceptors (Lipinski definition) is 5. The average Bonchev–Trinajstić information content (AvgIpc) is 2.55. The molecule has 3 amide bonds. The molecule has 1 heterocycles. The quantitative estimate of drug-likeness (QED) is 0.759. The number of ether oxygens (including phenoxy) is 1. The predicted octanol–water partition coefficient (Wildman–Crippen LogP) is 2.92. The third-order valence-electron chi connectivity index (χ3n) is 3.14. The van der Waals surface area contributed by atoms with Gasteiger partial charge in [0.15, 0.2) is 0 Å². The van der Waals surface area contributed by atoms with E-state index in [2.05, 4.69) is 15.6 Å². The van der Waals surface area contributed by atoms with E-state index in [4.69, 9.17) is 10.5 Å². The van der Waals surface area contributed by atoms with Crippen molar-refractivity contribution in [2.45, 2.75) is 26.4 Å². The Labute approximate surface area is 154 Å². The molecule has 0 saturated heterocycles. The van der Waals surface area contributed by atoms with Gasteiger partial charge in [-0.25, -0.2) is 9.18 Å². The van der Waals surface area contributed by atoms with Crippen molar-refractivity contribution in [2.24, 2.45) is 5.73 Å². The maximum atomic E-state index is 13.6. The summed E-state index contributed by atoms with van der Waals surface area (Å²) in [7, 11) is 0. The summed E-state index contributed by atoms with van der Waals surface area (Å²) >= 11 is 0. The number of primary amides is 1. The molecule has 0 radical (unpaired) electrons.